The van der Waals surface area contributed by atoms with Crippen LogP contribution < -0.4 is 10.1 Å². The summed E-state index contributed by atoms with van der Waals surface area (Å²) in [4.78, 5) is 12.6. The molecule has 0 spiro atoms. The Morgan fingerprint density at radius 1 is 1.15 bits per heavy atom. The van der Waals surface area contributed by atoms with Crippen molar-refractivity contribution in [1.29, 1.82) is 0 Å². The van der Waals surface area contributed by atoms with E-state index < -0.39 is 10.0 Å². The van der Waals surface area contributed by atoms with Crippen LogP contribution in [0.1, 0.15) is 18.1 Å². The Morgan fingerprint density at radius 3 is 2.19 bits per heavy atom. The number of anilines is 1. The number of hydrogen-bond acceptors (Lipinski definition) is 4. The Hall–Kier alpha value is -1.90. The number of halogens is 1. The second-order valence-electron chi connectivity index (χ2n) is 6.07. The molecule has 8 heteroatoms. The van der Waals surface area contributed by atoms with E-state index in [2.05, 4.69) is 21.2 Å². The molecule has 6 nitrogen and oxygen atoms in total. The molecule has 0 aliphatic heterocycles. The highest BCUT2D eigenvalue weighted by atomic mass is 79.9. The van der Waals surface area contributed by atoms with Crippen LogP contribution in [0.2, 0.25) is 0 Å². The van der Waals surface area contributed by atoms with Gasteiger partial charge in [0.25, 0.3) is 0 Å². The maximum absolute atomic E-state index is 12.8. The second-order valence-corrected chi connectivity index (χ2v) is 8.92. The number of rotatable bonds is 7. The van der Waals surface area contributed by atoms with Crippen molar-refractivity contribution in [2.24, 2.45) is 0 Å². The minimum atomic E-state index is -3.78. The van der Waals surface area contributed by atoms with Gasteiger partial charge >= 0.3 is 0 Å². The van der Waals surface area contributed by atoms with Crippen molar-refractivity contribution < 1.29 is 17.9 Å². The molecule has 0 atom stereocenters. The van der Waals surface area contributed by atoms with E-state index in [-0.39, 0.29) is 23.9 Å². The number of ether oxygens (including phenoxy) is 1. The average Bonchev–Trinajstić information content (AvgIpc) is 2.62. The van der Waals surface area contributed by atoms with Gasteiger partial charge in [-0.25, -0.2) is 8.42 Å². The van der Waals surface area contributed by atoms with Crippen LogP contribution in [0.25, 0.3) is 0 Å². The smallest absolute Gasteiger partial charge is 0.243 e. The van der Waals surface area contributed by atoms with Gasteiger partial charge < -0.3 is 10.1 Å². The van der Waals surface area contributed by atoms with E-state index in [9.17, 15) is 13.2 Å². The maximum Gasteiger partial charge on any atom is 0.243 e. The zero-order valence-electron chi connectivity index (χ0n) is 15.7. The molecule has 27 heavy (non-hydrogen) atoms. The van der Waals surface area contributed by atoms with E-state index in [0.29, 0.717) is 11.4 Å². The molecule has 146 valence electrons. The van der Waals surface area contributed by atoms with Crippen LogP contribution >= 0.6 is 15.9 Å². The van der Waals surface area contributed by atoms with Gasteiger partial charge in [-0.05, 0) is 61.4 Å². The Bertz CT molecular complexity index is 904. The fourth-order valence-corrected chi connectivity index (χ4v) is 4.80. The molecule has 0 unspecified atom stereocenters. The average molecular weight is 455 g/mol. The lowest BCUT2D eigenvalue weighted by Gasteiger charge is -2.21. The van der Waals surface area contributed by atoms with Crippen molar-refractivity contribution >= 4 is 37.5 Å². The number of likely N-dealkylation sites (N-methyl/N-ethyl adjacent to an activating group) is 1. The highest BCUT2D eigenvalue weighted by Gasteiger charge is 2.25. The fourth-order valence-electron chi connectivity index (χ4n) is 2.71. The fraction of sp³-hybridized carbons (Fsp3) is 0.316. The number of amides is 1. The second kappa shape index (κ2) is 8.86. The molecule has 0 aliphatic carbocycles. The minimum absolute atomic E-state index is 0.119. The summed E-state index contributed by atoms with van der Waals surface area (Å²) in [6.45, 7) is 5.39. The summed E-state index contributed by atoms with van der Waals surface area (Å²) in [6, 6.07) is 9.89. The van der Waals surface area contributed by atoms with Crippen molar-refractivity contribution in [2.45, 2.75) is 25.7 Å². The lowest BCUT2D eigenvalue weighted by molar-refractivity contribution is -0.116. The number of nitrogens with zero attached hydrogens (tertiary/aromatic N) is 1. The summed E-state index contributed by atoms with van der Waals surface area (Å²) in [6.07, 6.45) is 0. The molecule has 2 aromatic rings. The van der Waals surface area contributed by atoms with Gasteiger partial charge in [-0.1, -0.05) is 22.9 Å². The number of sulfonamides is 1. The first-order chi connectivity index (χ1) is 12.7. The number of hydrogen-bond donors (Lipinski definition) is 1. The lowest BCUT2D eigenvalue weighted by atomic mass is 10.1. The highest BCUT2D eigenvalue weighted by Crippen LogP contribution is 2.25. The summed E-state index contributed by atoms with van der Waals surface area (Å²) < 4.78 is 32.8. The monoisotopic (exact) mass is 454 g/mol. The zero-order valence-corrected chi connectivity index (χ0v) is 18.1. The van der Waals surface area contributed by atoms with E-state index in [0.717, 1.165) is 19.9 Å². The first kappa shape index (κ1) is 21.4. The van der Waals surface area contributed by atoms with Crippen molar-refractivity contribution in [2.75, 3.05) is 25.5 Å². The SMILES string of the molecule is CCN(CC(=O)Nc1c(C)cc(Br)cc1C)S(=O)(=O)c1ccc(OC)cc1. The van der Waals surface area contributed by atoms with Crippen molar-refractivity contribution in [1.82, 2.24) is 4.31 Å². The molecule has 1 amide bonds. The molecule has 0 saturated heterocycles. The van der Waals surface area contributed by atoms with Gasteiger partial charge in [-0.15, -0.1) is 0 Å². The molecule has 0 saturated carbocycles. The molecule has 0 fully saturated rings. The molecule has 0 aromatic heterocycles. The molecule has 0 heterocycles. The highest BCUT2D eigenvalue weighted by molar-refractivity contribution is 9.10. The quantitative estimate of drug-likeness (QED) is 0.691. The molecule has 0 radical (unpaired) electrons. The van der Waals surface area contributed by atoms with Crippen LogP contribution in [0.4, 0.5) is 5.69 Å². The number of benzene rings is 2. The molecule has 2 aromatic carbocycles. The van der Waals surface area contributed by atoms with Crippen molar-refractivity contribution in [3.8, 4) is 5.75 Å². The third kappa shape index (κ3) is 5.09. The molecule has 0 aliphatic rings. The number of nitrogens with one attached hydrogen (secondary N) is 1. The number of carbonyl (C=O) groups is 1. The molecule has 0 bridgehead atoms. The van der Waals surface area contributed by atoms with E-state index in [1.165, 1.54) is 19.2 Å². The van der Waals surface area contributed by atoms with Gasteiger partial charge in [0.2, 0.25) is 15.9 Å². The molecule has 1 N–H and O–H groups in total. The van der Waals surface area contributed by atoms with E-state index in [1.807, 2.05) is 26.0 Å². The Labute approximate surface area is 168 Å². The minimum Gasteiger partial charge on any atom is -0.497 e. The summed E-state index contributed by atoms with van der Waals surface area (Å²) in [5.74, 6) is 0.179. The van der Waals surface area contributed by atoms with Gasteiger partial charge in [0, 0.05) is 16.7 Å². The third-order valence-corrected chi connectivity index (χ3v) is 6.52. The molecular formula is C19H23BrN2O4S. The Morgan fingerprint density at radius 2 is 1.70 bits per heavy atom. The van der Waals surface area contributed by atoms with Gasteiger partial charge in [0.15, 0.2) is 0 Å². The zero-order chi connectivity index (χ0) is 20.2. The van der Waals surface area contributed by atoms with Gasteiger partial charge in [-0.2, -0.15) is 4.31 Å². The lowest BCUT2D eigenvalue weighted by Crippen LogP contribution is -2.38. The van der Waals surface area contributed by atoms with Crippen LogP contribution in [-0.4, -0.2) is 38.8 Å². The number of carbonyl (C=O) groups excluding carboxylic acids is 1. The topological polar surface area (TPSA) is 75.7 Å². The third-order valence-electron chi connectivity index (χ3n) is 4.13. The maximum atomic E-state index is 12.8. The summed E-state index contributed by atoms with van der Waals surface area (Å²) in [5, 5.41) is 2.83. The number of aryl methyl sites for hydroxylation is 2. The first-order valence-electron chi connectivity index (χ1n) is 8.39. The van der Waals surface area contributed by atoms with E-state index in [4.69, 9.17) is 4.74 Å². The van der Waals surface area contributed by atoms with Crippen LogP contribution in [-0.2, 0) is 14.8 Å². The predicted octanol–water partition coefficient (Wildman–Crippen LogP) is 3.72. The van der Waals surface area contributed by atoms with E-state index in [1.54, 1.807) is 19.1 Å². The Balaban J connectivity index is 2.19. The van der Waals surface area contributed by atoms with Crippen molar-refractivity contribution in [3.05, 3.63) is 52.0 Å². The predicted molar refractivity (Wildman–Crippen MR) is 110 cm³/mol. The number of methoxy groups -OCH3 is 1. The van der Waals surface area contributed by atoms with Gasteiger partial charge in [0.1, 0.15) is 5.75 Å². The van der Waals surface area contributed by atoms with Crippen LogP contribution in [0.15, 0.2) is 45.8 Å². The molecule has 2 rings (SSSR count). The normalized spacial score (nSPS) is 11.5. The van der Waals surface area contributed by atoms with Gasteiger partial charge in [0.05, 0.1) is 18.6 Å². The van der Waals surface area contributed by atoms with Gasteiger partial charge in [-0.3, -0.25) is 4.79 Å². The van der Waals surface area contributed by atoms with E-state index >= 15 is 0 Å². The van der Waals surface area contributed by atoms with Crippen LogP contribution in [0.3, 0.4) is 0 Å². The first-order valence-corrected chi connectivity index (χ1v) is 10.6. The van der Waals surface area contributed by atoms with Crippen LogP contribution in [0.5, 0.6) is 5.75 Å². The summed E-state index contributed by atoms with van der Waals surface area (Å²) >= 11 is 3.42. The summed E-state index contributed by atoms with van der Waals surface area (Å²) in [5.41, 5.74) is 2.49. The standard InChI is InChI=1S/C19H23BrN2O4S/c1-5-22(27(24,25)17-8-6-16(26-4)7-9-17)12-18(23)21-19-13(2)10-15(20)11-14(19)3/h6-11H,5,12H2,1-4H3,(H,21,23). The summed E-state index contributed by atoms with van der Waals surface area (Å²) in [7, 11) is -2.27. The molecular weight excluding hydrogens is 432 g/mol. The Kier molecular flexibility index (Phi) is 7.02. The largest absolute Gasteiger partial charge is 0.497 e. The van der Waals surface area contributed by atoms with Crippen molar-refractivity contribution in [3.63, 3.8) is 0 Å². The van der Waals surface area contributed by atoms with Crippen LogP contribution in [0, 0.1) is 13.8 Å².